The summed E-state index contributed by atoms with van der Waals surface area (Å²) in [5.74, 6) is -0.0941. The van der Waals surface area contributed by atoms with Crippen molar-refractivity contribution in [2.75, 3.05) is 14.2 Å². The molecule has 18 heavy (non-hydrogen) atoms. The Morgan fingerprint density at radius 3 is 2.17 bits per heavy atom. The first-order chi connectivity index (χ1) is 8.65. The number of carbonyl (C=O) groups excluding carboxylic acids is 2. The fraction of sp³-hybridized carbons (Fsp3) is 0.385. The van der Waals surface area contributed by atoms with E-state index in [1.807, 2.05) is 12.1 Å². The number of esters is 2. The lowest BCUT2D eigenvalue weighted by atomic mass is 10.2. The average molecular weight is 252 g/mol. The van der Waals surface area contributed by atoms with Crippen molar-refractivity contribution in [1.82, 2.24) is 0 Å². The predicted octanol–water partition coefficient (Wildman–Crippen LogP) is 1.69. The molecule has 0 saturated carbocycles. The quantitative estimate of drug-likeness (QED) is 0.721. The molecule has 0 spiro atoms. The lowest BCUT2D eigenvalue weighted by Gasteiger charge is -2.05. The van der Waals surface area contributed by atoms with Crippen molar-refractivity contribution in [1.29, 1.82) is 0 Å². The molecule has 0 unspecified atom stereocenters. The fourth-order valence-electron chi connectivity index (χ4n) is 1.26. The van der Waals surface area contributed by atoms with Crippen molar-refractivity contribution >= 4 is 11.9 Å². The maximum Gasteiger partial charge on any atom is 0.306 e. The van der Waals surface area contributed by atoms with Crippen LogP contribution in [-0.4, -0.2) is 26.2 Å². The molecule has 0 fully saturated rings. The molecule has 5 nitrogen and oxygen atoms in total. The van der Waals surface area contributed by atoms with Gasteiger partial charge in [-0.3, -0.25) is 9.59 Å². The number of methoxy groups -OCH3 is 2. The van der Waals surface area contributed by atoms with Gasteiger partial charge in [0.2, 0.25) is 0 Å². The number of hydrogen-bond acceptors (Lipinski definition) is 5. The van der Waals surface area contributed by atoms with Gasteiger partial charge in [-0.25, -0.2) is 0 Å². The zero-order valence-corrected chi connectivity index (χ0v) is 10.5. The normalized spacial score (nSPS) is 9.67. The standard InChI is InChI=1S/C13H16O5/c1-16-11-5-3-10(4-6-11)9-18-13(15)8-7-12(14)17-2/h3-6H,7-9H2,1-2H3. The van der Waals surface area contributed by atoms with Crippen molar-refractivity contribution in [2.24, 2.45) is 0 Å². The van der Waals surface area contributed by atoms with Crippen molar-refractivity contribution in [3.05, 3.63) is 29.8 Å². The highest BCUT2D eigenvalue weighted by Crippen LogP contribution is 2.12. The number of rotatable bonds is 6. The third-order valence-corrected chi connectivity index (χ3v) is 2.32. The van der Waals surface area contributed by atoms with Crippen LogP contribution in [0, 0.1) is 0 Å². The molecule has 98 valence electrons. The largest absolute Gasteiger partial charge is 0.497 e. The van der Waals surface area contributed by atoms with Gasteiger partial charge in [-0.15, -0.1) is 0 Å². The highest BCUT2D eigenvalue weighted by molar-refractivity contribution is 5.77. The first kappa shape index (κ1) is 14.0. The summed E-state index contributed by atoms with van der Waals surface area (Å²) >= 11 is 0. The minimum absolute atomic E-state index is 0.0306. The van der Waals surface area contributed by atoms with Gasteiger partial charge >= 0.3 is 11.9 Å². The highest BCUT2D eigenvalue weighted by Gasteiger charge is 2.08. The van der Waals surface area contributed by atoms with E-state index in [9.17, 15) is 9.59 Å². The second-order valence-electron chi connectivity index (χ2n) is 3.58. The predicted molar refractivity (Wildman–Crippen MR) is 64.0 cm³/mol. The molecule has 0 amide bonds. The van der Waals surface area contributed by atoms with Crippen molar-refractivity contribution in [2.45, 2.75) is 19.4 Å². The molecule has 1 rings (SSSR count). The Kier molecular flexibility index (Phi) is 5.70. The summed E-state index contributed by atoms with van der Waals surface area (Å²) in [6, 6.07) is 7.20. The zero-order valence-electron chi connectivity index (χ0n) is 10.5. The van der Waals surface area contributed by atoms with E-state index >= 15 is 0 Å². The van der Waals surface area contributed by atoms with E-state index in [0.29, 0.717) is 0 Å². The van der Waals surface area contributed by atoms with Crippen LogP contribution in [0.2, 0.25) is 0 Å². The minimum Gasteiger partial charge on any atom is -0.497 e. The molecular weight excluding hydrogens is 236 g/mol. The van der Waals surface area contributed by atoms with Crippen LogP contribution in [0.4, 0.5) is 0 Å². The molecule has 0 bridgehead atoms. The van der Waals surface area contributed by atoms with Crippen LogP contribution in [0.5, 0.6) is 5.75 Å². The Morgan fingerprint density at radius 1 is 1.00 bits per heavy atom. The Morgan fingerprint density at radius 2 is 1.61 bits per heavy atom. The van der Waals surface area contributed by atoms with E-state index in [2.05, 4.69) is 4.74 Å². The second kappa shape index (κ2) is 7.32. The van der Waals surface area contributed by atoms with Gasteiger partial charge in [-0.2, -0.15) is 0 Å². The van der Waals surface area contributed by atoms with Gasteiger partial charge in [0.1, 0.15) is 12.4 Å². The third-order valence-electron chi connectivity index (χ3n) is 2.32. The summed E-state index contributed by atoms with van der Waals surface area (Å²) in [5, 5.41) is 0. The summed E-state index contributed by atoms with van der Waals surface area (Å²) in [5.41, 5.74) is 0.863. The fourth-order valence-corrected chi connectivity index (χ4v) is 1.26. The van der Waals surface area contributed by atoms with Gasteiger partial charge in [-0.1, -0.05) is 12.1 Å². The summed E-state index contributed by atoms with van der Waals surface area (Å²) in [6.07, 6.45) is 0.0702. The molecule has 0 saturated heterocycles. The maximum atomic E-state index is 11.3. The lowest BCUT2D eigenvalue weighted by molar-refractivity contribution is -0.149. The molecule has 0 radical (unpaired) electrons. The van der Waals surface area contributed by atoms with E-state index in [0.717, 1.165) is 11.3 Å². The van der Waals surface area contributed by atoms with Crippen molar-refractivity contribution < 1.29 is 23.8 Å². The molecule has 0 heterocycles. The van der Waals surface area contributed by atoms with Crippen molar-refractivity contribution in [3.8, 4) is 5.75 Å². The number of carbonyl (C=O) groups is 2. The van der Waals surface area contributed by atoms with Crippen LogP contribution < -0.4 is 4.74 Å². The summed E-state index contributed by atoms with van der Waals surface area (Å²) in [7, 11) is 2.87. The van der Waals surface area contributed by atoms with Gasteiger partial charge in [0, 0.05) is 0 Å². The van der Waals surface area contributed by atoms with E-state index in [1.54, 1.807) is 19.2 Å². The van der Waals surface area contributed by atoms with Crippen LogP contribution in [0.25, 0.3) is 0 Å². The van der Waals surface area contributed by atoms with Gasteiger partial charge < -0.3 is 14.2 Å². The highest BCUT2D eigenvalue weighted by atomic mass is 16.5. The number of hydrogen-bond donors (Lipinski definition) is 0. The summed E-state index contributed by atoms with van der Waals surface area (Å²) < 4.78 is 14.5. The Balaban J connectivity index is 2.31. The molecule has 1 aromatic carbocycles. The topological polar surface area (TPSA) is 61.8 Å². The van der Waals surface area contributed by atoms with Crippen LogP contribution >= 0.6 is 0 Å². The first-order valence-electron chi connectivity index (χ1n) is 5.51. The summed E-state index contributed by atoms with van der Waals surface area (Å²) in [6.45, 7) is 0.185. The zero-order chi connectivity index (χ0) is 13.4. The van der Waals surface area contributed by atoms with Gasteiger partial charge in [0.05, 0.1) is 27.1 Å². The lowest BCUT2D eigenvalue weighted by Crippen LogP contribution is -2.08. The van der Waals surface area contributed by atoms with E-state index in [4.69, 9.17) is 9.47 Å². The average Bonchev–Trinajstić information content (AvgIpc) is 2.42. The SMILES string of the molecule is COC(=O)CCC(=O)OCc1ccc(OC)cc1. The molecule has 1 aromatic rings. The summed E-state index contributed by atoms with van der Waals surface area (Å²) in [4.78, 5) is 22.1. The maximum absolute atomic E-state index is 11.3. The monoisotopic (exact) mass is 252 g/mol. The Bertz CT molecular complexity index is 396. The van der Waals surface area contributed by atoms with Gasteiger partial charge in [0.15, 0.2) is 0 Å². The Hall–Kier alpha value is -2.04. The van der Waals surface area contributed by atoms with Gasteiger partial charge in [0.25, 0.3) is 0 Å². The van der Waals surface area contributed by atoms with Crippen LogP contribution in [0.3, 0.4) is 0 Å². The molecule has 0 N–H and O–H groups in total. The molecule has 5 heteroatoms. The molecule has 0 aliphatic rings. The minimum atomic E-state index is -0.420. The van der Waals surface area contributed by atoms with Crippen LogP contribution in [0.1, 0.15) is 18.4 Å². The molecule has 0 aliphatic heterocycles. The Labute approximate surface area is 106 Å². The molecule has 0 aromatic heterocycles. The first-order valence-corrected chi connectivity index (χ1v) is 5.51. The molecular formula is C13H16O5. The van der Waals surface area contributed by atoms with Crippen molar-refractivity contribution in [3.63, 3.8) is 0 Å². The number of ether oxygens (including phenoxy) is 3. The molecule has 0 atom stereocenters. The van der Waals surface area contributed by atoms with Crippen LogP contribution in [0.15, 0.2) is 24.3 Å². The number of benzene rings is 1. The van der Waals surface area contributed by atoms with E-state index in [-0.39, 0.29) is 19.4 Å². The second-order valence-corrected chi connectivity index (χ2v) is 3.58. The molecule has 0 aliphatic carbocycles. The van der Waals surface area contributed by atoms with Gasteiger partial charge in [-0.05, 0) is 17.7 Å². The van der Waals surface area contributed by atoms with E-state index < -0.39 is 11.9 Å². The smallest absolute Gasteiger partial charge is 0.306 e. The van der Waals surface area contributed by atoms with Crippen LogP contribution in [-0.2, 0) is 25.7 Å². The third kappa shape index (κ3) is 4.86. The van der Waals surface area contributed by atoms with E-state index in [1.165, 1.54) is 7.11 Å².